The number of carbonyl (C=O) groups excluding carboxylic acids is 1. The summed E-state index contributed by atoms with van der Waals surface area (Å²) in [5.41, 5.74) is 4.09. The predicted octanol–water partition coefficient (Wildman–Crippen LogP) is 3.17. The summed E-state index contributed by atoms with van der Waals surface area (Å²) in [4.78, 5) is 23.6. The first-order chi connectivity index (χ1) is 15.3. The van der Waals surface area contributed by atoms with E-state index in [2.05, 4.69) is 10.5 Å². The van der Waals surface area contributed by atoms with E-state index < -0.39 is 21.9 Å². The molecule has 1 aliphatic rings. The molecule has 0 unspecified atom stereocenters. The Kier molecular flexibility index (Phi) is 7.76. The number of sulfonamides is 1. The third kappa shape index (κ3) is 6.02. The van der Waals surface area contributed by atoms with Gasteiger partial charge in [-0.3, -0.25) is 4.79 Å². The third-order valence-electron chi connectivity index (χ3n) is 5.47. The van der Waals surface area contributed by atoms with Gasteiger partial charge in [0.05, 0.1) is 23.2 Å². The maximum atomic E-state index is 13.3. The highest BCUT2D eigenvalue weighted by Gasteiger charge is 2.33. The van der Waals surface area contributed by atoms with Crippen LogP contribution in [0, 0.1) is 6.92 Å². The molecular formula is C23H27N3O5S. The van der Waals surface area contributed by atoms with Crippen LogP contribution in [0.5, 0.6) is 0 Å². The average molecular weight is 458 g/mol. The largest absolute Gasteiger partial charge is 0.478 e. The minimum absolute atomic E-state index is 0.149. The molecule has 1 amide bonds. The van der Waals surface area contributed by atoms with Crippen LogP contribution in [0.2, 0.25) is 0 Å². The van der Waals surface area contributed by atoms with E-state index in [1.165, 1.54) is 22.7 Å². The Bertz CT molecular complexity index is 1070. The predicted molar refractivity (Wildman–Crippen MR) is 121 cm³/mol. The first-order valence-electron chi connectivity index (χ1n) is 10.5. The van der Waals surface area contributed by atoms with Gasteiger partial charge in [0.25, 0.3) is 5.91 Å². The van der Waals surface area contributed by atoms with Gasteiger partial charge in [-0.05, 0) is 49.6 Å². The minimum atomic E-state index is -3.84. The highest BCUT2D eigenvalue weighted by molar-refractivity contribution is 7.89. The number of rotatable bonds is 8. The Balaban J connectivity index is 1.72. The fourth-order valence-electron chi connectivity index (χ4n) is 3.69. The molecule has 0 aliphatic heterocycles. The molecule has 0 radical (unpaired) electrons. The van der Waals surface area contributed by atoms with Gasteiger partial charge in [0.2, 0.25) is 10.0 Å². The lowest BCUT2D eigenvalue weighted by molar-refractivity contribution is -0.121. The van der Waals surface area contributed by atoms with Crippen molar-refractivity contribution in [3.63, 3.8) is 0 Å². The van der Waals surface area contributed by atoms with Crippen LogP contribution in [0.15, 0.2) is 58.5 Å². The SMILES string of the molecule is Cc1ccc(S(=O)(=O)N(CC(=O)N/N=C\c2ccc(C(=O)O)cc2)C2CCCCC2)cc1. The van der Waals surface area contributed by atoms with Crippen molar-refractivity contribution in [1.82, 2.24) is 9.73 Å². The van der Waals surface area contributed by atoms with Crippen molar-refractivity contribution < 1.29 is 23.1 Å². The number of aromatic carboxylic acids is 1. The van der Waals surface area contributed by atoms with Crippen molar-refractivity contribution in [1.29, 1.82) is 0 Å². The van der Waals surface area contributed by atoms with Gasteiger partial charge in [-0.1, -0.05) is 49.1 Å². The maximum absolute atomic E-state index is 13.3. The normalized spacial score (nSPS) is 15.2. The van der Waals surface area contributed by atoms with Gasteiger partial charge in [0, 0.05) is 6.04 Å². The van der Waals surface area contributed by atoms with E-state index in [9.17, 15) is 18.0 Å². The molecule has 2 aromatic rings. The summed E-state index contributed by atoms with van der Waals surface area (Å²) in [7, 11) is -3.84. The summed E-state index contributed by atoms with van der Waals surface area (Å²) >= 11 is 0. The van der Waals surface area contributed by atoms with E-state index in [1.807, 2.05) is 6.92 Å². The van der Waals surface area contributed by atoms with Crippen LogP contribution >= 0.6 is 0 Å². The van der Waals surface area contributed by atoms with Crippen molar-refractivity contribution in [2.75, 3.05) is 6.54 Å². The zero-order chi connectivity index (χ0) is 23.1. The monoisotopic (exact) mass is 457 g/mol. The molecule has 0 atom stereocenters. The number of nitrogens with one attached hydrogen (secondary N) is 1. The highest BCUT2D eigenvalue weighted by atomic mass is 32.2. The minimum Gasteiger partial charge on any atom is -0.478 e. The molecular weight excluding hydrogens is 430 g/mol. The summed E-state index contributed by atoms with van der Waals surface area (Å²) in [6, 6.07) is 12.4. The fraction of sp³-hybridized carbons (Fsp3) is 0.348. The number of aryl methyl sites for hydroxylation is 1. The summed E-state index contributed by atoms with van der Waals surface area (Å²) in [6.45, 7) is 1.56. The quantitative estimate of drug-likeness (QED) is 0.467. The number of carbonyl (C=O) groups is 2. The van der Waals surface area contributed by atoms with E-state index in [4.69, 9.17) is 5.11 Å². The fourth-order valence-corrected chi connectivity index (χ4v) is 5.33. The van der Waals surface area contributed by atoms with E-state index >= 15 is 0 Å². The Hall–Kier alpha value is -3.04. The molecule has 8 nitrogen and oxygen atoms in total. The van der Waals surface area contributed by atoms with E-state index in [0.717, 1.165) is 37.7 Å². The molecule has 0 heterocycles. The number of nitrogens with zero attached hydrogens (tertiary/aromatic N) is 2. The van der Waals surface area contributed by atoms with Crippen LogP contribution < -0.4 is 5.43 Å². The van der Waals surface area contributed by atoms with Gasteiger partial charge in [0.1, 0.15) is 0 Å². The zero-order valence-electron chi connectivity index (χ0n) is 17.9. The van der Waals surface area contributed by atoms with E-state index in [1.54, 1.807) is 36.4 Å². The van der Waals surface area contributed by atoms with Crippen molar-refractivity contribution in [2.24, 2.45) is 5.10 Å². The third-order valence-corrected chi connectivity index (χ3v) is 7.38. The van der Waals surface area contributed by atoms with Crippen LogP contribution in [-0.2, 0) is 14.8 Å². The number of carboxylic acids is 1. The summed E-state index contributed by atoms with van der Waals surface area (Å²) in [5, 5.41) is 12.8. The van der Waals surface area contributed by atoms with Crippen molar-refractivity contribution in [2.45, 2.75) is 50.0 Å². The lowest BCUT2D eigenvalue weighted by Gasteiger charge is -2.32. The second-order valence-electron chi connectivity index (χ2n) is 7.88. The number of hydrogen-bond acceptors (Lipinski definition) is 5. The topological polar surface area (TPSA) is 116 Å². The zero-order valence-corrected chi connectivity index (χ0v) is 18.7. The van der Waals surface area contributed by atoms with Gasteiger partial charge in [-0.25, -0.2) is 18.6 Å². The Morgan fingerprint density at radius 3 is 2.28 bits per heavy atom. The maximum Gasteiger partial charge on any atom is 0.335 e. The molecule has 3 rings (SSSR count). The molecule has 1 aliphatic carbocycles. The van der Waals surface area contributed by atoms with Crippen molar-refractivity contribution in [3.8, 4) is 0 Å². The summed E-state index contributed by atoms with van der Waals surface area (Å²) in [6.07, 6.45) is 5.73. The number of benzene rings is 2. The summed E-state index contributed by atoms with van der Waals surface area (Å²) < 4.78 is 27.9. The van der Waals surface area contributed by atoms with E-state index in [0.29, 0.717) is 5.56 Å². The second kappa shape index (κ2) is 10.5. The van der Waals surface area contributed by atoms with Gasteiger partial charge >= 0.3 is 5.97 Å². The number of hydrazone groups is 1. The first kappa shape index (κ1) is 23.6. The molecule has 2 N–H and O–H groups in total. The molecule has 170 valence electrons. The number of amides is 1. The molecule has 0 aromatic heterocycles. The van der Waals surface area contributed by atoms with Gasteiger partial charge in [0.15, 0.2) is 0 Å². The van der Waals surface area contributed by atoms with Crippen molar-refractivity contribution >= 4 is 28.1 Å². The lowest BCUT2D eigenvalue weighted by atomic mass is 9.95. The first-order valence-corrected chi connectivity index (χ1v) is 11.9. The molecule has 9 heteroatoms. The summed E-state index contributed by atoms with van der Waals surface area (Å²) in [5.74, 6) is -1.57. The van der Waals surface area contributed by atoms with Crippen molar-refractivity contribution in [3.05, 3.63) is 65.2 Å². The average Bonchev–Trinajstić information content (AvgIpc) is 2.78. The number of hydrogen-bond donors (Lipinski definition) is 2. The van der Waals surface area contributed by atoms with Gasteiger partial charge in [-0.15, -0.1) is 0 Å². The second-order valence-corrected chi connectivity index (χ2v) is 9.77. The van der Waals surface area contributed by atoms with E-state index in [-0.39, 0.29) is 23.0 Å². The molecule has 2 aromatic carbocycles. The standard InChI is InChI=1S/C23H27N3O5S/c1-17-7-13-21(14-8-17)32(30,31)26(20-5-3-2-4-6-20)16-22(27)25-24-15-18-9-11-19(12-10-18)23(28)29/h7-15,20H,2-6,16H2,1H3,(H,25,27)(H,28,29)/b24-15-. The molecule has 0 bridgehead atoms. The van der Waals surface area contributed by atoms with Gasteiger partial charge in [-0.2, -0.15) is 9.41 Å². The van der Waals surface area contributed by atoms with Crippen LogP contribution in [0.4, 0.5) is 0 Å². The van der Waals surface area contributed by atoms with Gasteiger partial charge < -0.3 is 5.11 Å². The number of carboxylic acid groups (broad SMARTS) is 1. The molecule has 32 heavy (non-hydrogen) atoms. The van der Waals surface area contributed by atoms with Crippen LogP contribution in [-0.4, -0.2) is 48.5 Å². The Morgan fingerprint density at radius 2 is 1.69 bits per heavy atom. The molecule has 0 spiro atoms. The Labute approximate surface area is 188 Å². The smallest absolute Gasteiger partial charge is 0.335 e. The van der Waals surface area contributed by atoms with Crippen LogP contribution in [0.25, 0.3) is 0 Å². The molecule has 1 fully saturated rings. The molecule has 0 saturated heterocycles. The van der Waals surface area contributed by atoms with Crippen LogP contribution in [0.1, 0.15) is 53.6 Å². The van der Waals surface area contributed by atoms with Crippen LogP contribution in [0.3, 0.4) is 0 Å². The lowest BCUT2D eigenvalue weighted by Crippen LogP contribution is -2.46. The Morgan fingerprint density at radius 1 is 1.06 bits per heavy atom. The molecule has 1 saturated carbocycles. The highest BCUT2D eigenvalue weighted by Crippen LogP contribution is 2.27.